The van der Waals surface area contributed by atoms with Crippen molar-refractivity contribution in [1.82, 2.24) is 4.98 Å². The van der Waals surface area contributed by atoms with Crippen molar-refractivity contribution in [2.24, 2.45) is 5.10 Å². The van der Waals surface area contributed by atoms with E-state index in [9.17, 15) is 0 Å². The molecular formula is C11H10IN3S. The van der Waals surface area contributed by atoms with E-state index in [1.165, 1.54) is 3.57 Å². The van der Waals surface area contributed by atoms with Crippen molar-refractivity contribution in [3.63, 3.8) is 0 Å². The number of nitrogens with zero attached hydrogens (tertiary/aromatic N) is 2. The fourth-order valence-electron chi connectivity index (χ4n) is 1.14. The summed E-state index contributed by atoms with van der Waals surface area (Å²) < 4.78 is 1.18. The van der Waals surface area contributed by atoms with Crippen molar-refractivity contribution in [3.8, 4) is 0 Å². The van der Waals surface area contributed by atoms with Gasteiger partial charge in [-0.15, -0.1) is 11.3 Å². The van der Waals surface area contributed by atoms with Gasteiger partial charge in [0.25, 0.3) is 0 Å². The number of hydrogen-bond donors (Lipinski definition) is 1. The van der Waals surface area contributed by atoms with Gasteiger partial charge in [-0.2, -0.15) is 5.10 Å². The van der Waals surface area contributed by atoms with Crippen LogP contribution in [0.3, 0.4) is 0 Å². The maximum atomic E-state index is 4.26. The van der Waals surface area contributed by atoms with E-state index in [4.69, 9.17) is 0 Å². The number of hydrazone groups is 1. The Kier molecular flexibility index (Phi) is 3.89. The van der Waals surface area contributed by atoms with Gasteiger partial charge >= 0.3 is 0 Å². The highest BCUT2D eigenvalue weighted by Crippen LogP contribution is 2.14. The first-order valence-corrected chi connectivity index (χ1v) is 6.67. The van der Waals surface area contributed by atoms with E-state index in [2.05, 4.69) is 44.2 Å². The third kappa shape index (κ3) is 3.02. The number of thiazole rings is 1. The van der Waals surface area contributed by atoms with Gasteiger partial charge in [0, 0.05) is 14.5 Å². The van der Waals surface area contributed by atoms with Crippen molar-refractivity contribution in [3.05, 3.63) is 44.5 Å². The molecule has 1 heterocycles. The minimum absolute atomic E-state index is 0.819. The summed E-state index contributed by atoms with van der Waals surface area (Å²) >= 11 is 3.84. The zero-order valence-electron chi connectivity index (χ0n) is 8.64. The second-order valence-electron chi connectivity index (χ2n) is 3.19. The van der Waals surface area contributed by atoms with Gasteiger partial charge in [-0.3, -0.25) is 5.43 Å². The number of aryl methyl sites for hydroxylation is 1. The smallest absolute Gasteiger partial charge is 0.203 e. The lowest BCUT2D eigenvalue weighted by molar-refractivity contribution is 1.22. The Hall–Kier alpha value is -0.950. The van der Waals surface area contributed by atoms with Crippen LogP contribution in [-0.4, -0.2) is 11.2 Å². The minimum atomic E-state index is 0.819. The lowest BCUT2D eigenvalue weighted by Crippen LogP contribution is -1.91. The Morgan fingerprint density at radius 1 is 1.44 bits per heavy atom. The van der Waals surface area contributed by atoms with Crippen LogP contribution in [0.4, 0.5) is 5.13 Å². The second-order valence-corrected chi connectivity index (χ2v) is 5.21. The van der Waals surface area contributed by atoms with Crippen molar-refractivity contribution >= 4 is 45.3 Å². The van der Waals surface area contributed by atoms with Crippen LogP contribution in [-0.2, 0) is 0 Å². The average Bonchev–Trinajstić information content (AvgIpc) is 2.67. The zero-order chi connectivity index (χ0) is 11.4. The van der Waals surface area contributed by atoms with Crippen LogP contribution in [0.1, 0.15) is 11.3 Å². The Labute approximate surface area is 112 Å². The summed E-state index contributed by atoms with van der Waals surface area (Å²) in [6.45, 7) is 1.96. The predicted molar refractivity (Wildman–Crippen MR) is 77.2 cm³/mol. The molecule has 0 aliphatic heterocycles. The Balaban J connectivity index is 2.03. The summed E-state index contributed by atoms with van der Waals surface area (Å²) in [5.74, 6) is 0. The first kappa shape index (κ1) is 11.5. The molecule has 0 atom stereocenters. The van der Waals surface area contributed by atoms with Crippen LogP contribution in [0.2, 0.25) is 0 Å². The Morgan fingerprint density at radius 2 is 2.25 bits per heavy atom. The first-order chi connectivity index (χ1) is 7.75. The quantitative estimate of drug-likeness (QED) is 0.526. The SMILES string of the molecule is Cc1csc(NN=Cc2ccccc2I)n1. The van der Waals surface area contributed by atoms with Gasteiger partial charge in [0.15, 0.2) is 0 Å². The van der Waals surface area contributed by atoms with Crippen LogP contribution in [0.15, 0.2) is 34.7 Å². The summed E-state index contributed by atoms with van der Waals surface area (Å²) in [5, 5.41) is 6.96. The highest BCUT2D eigenvalue weighted by molar-refractivity contribution is 14.1. The molecule has 0 fully saturated rings. The zero-order valence-corrected chi connectivity index (χ0v) is 11.6. The van der Waals surface area contributed by atoms with Crippen molar-refractivity contribution in [1.29, 1.82) is 0 Å². The van der Waals surface area contributed by atoms with Gasteiger partial charge in [-0.1, -0.05) is 18.2 Å². The topological polar surface area (TPSA) is 37.3 Å². The molecule has 82 valence electrons. The normalized spacial score (nSPS) is 10.9. The number of halogens is 1. The molecule has 0 spiro atoms. The molecule has 2 rings (SSSR count). The van der Waals surface area contributed by atoms with E-state index >= 15 is 0 Å². The Bertz CT molecular complexity index is 507. The summed E-state index contributed by atoms with van der Waals surface area (Å²) in [6.07, 6.45) is 1.80. The highest BCUT2D eigenvalue weighted by Gasteiger charge is 1.96. The van der Waals surface area contributed by atoms with E-state index in [0.29, 0.717) is 0 Å². The molecule has 0 radical (unpaired) electrons. The third-order valence-corrected chi connectivity index (χ3v) is 3.74. The number of benzene rings is 1. The average molecular weight is 343 g/mol. The van der Waals surface area contributed by atoms with Crippen molar-refractivity contribution < 1.29 is 0 Å². The highest BCUT2D eigenvalue weighted by atomic mass is 127. The number of nitrogens with one attached hydrogen (secondary N) is 1. The fourth-order valence-corrected chi connectivity index (χ4v) is 2.31. The third-order valence-electron chi connectivity index (χ3n) is 1.89. The molecule has 0 amide bonds. The van der Waals surface area contributed by atoms with Crippen molar-refractivity contribution in [2.75, 3.05) is 5.43 Å². The standard InChI is InChI=1S/C11H10IN3S/c1-8-7-16-11(14-8)15-13-6-9-4-2-3-5-10(9)12/h2-7H,1H3,(H,14,15). The van der Waals surface area contributed by atoms with E-state index in [0.717, 1.165) is 16.4 Å². The lowest BCUT2D eigenvalue weighted by atomic mass is 10.2. The maximum Gasteiger partial charge on any atom is 0.203 e. The summed E-state index contributed by atoms with van der Waals surface area (Å²) in [6, 6.07) is 8.09. The molecule has 3 nitrogen and oxygen atoms in total. The molecule has 16 heavy (non-hydrogen) atoms. The van der Waals surface area contributed by atoms with E-state index in [1.807, 2.05) is 30.5 Å². The fraction of sp³-hybridized carbons (Fsp3) is 0.0909. The van der Waals surface area contributed by atoms with Crippen LogP contribution in [0, 0.1) is 10.5 Å². The Morgan fingerprint density at radius 3 is 2.94 bits per heavy atom. The summed E-state index contributed by atoms with van der Waals surface area (Å²) in [7, 11) is 0. The molecule has 0 saturated heterocycles. The summed E-state index contributed by atoms with van der Waals surface area (Å²) in [4.78, 5) is 4.26. The van der Waals surface area contributed by atoms with Gasteiger partial charge in [-0.25, -0.2) is 4.98 Å². The number of hydrogen-bond acceptors (Lipinski definition) is 4. The van der Waals surface area contributed by atoms with Gasteiger partial charge in [0.1, 0.15) is 0 Å². The first-order valence-electron chi connectivity index (χ1n) is 4.71. The van der Waals surface area contributed by atoms with Crippen molar-refractivity contribution in [2.45, 2.75) is 6.92 Å². The van der Waals surface area contributed by atoms with Gasteiger partial charge < -0.3 is 0 Å². The number of aromatic nitrogens is 1. The molecule has 1 N–H and O–H groups in total. The number of rotatable bonds is 3. The van der Waals surface area contributed by atoms with Crippen LogP contribution >= 0.6 is 33.9 Å². The molecular weight excluding hydrogens is 333 g/mol. The maximum absolute atomic E-state index is 4.26. The second kappa shape index (κ2) is 5.40. The van der Waals surface area contributed by atoms with Gasteiger partial charge in [-0.05, 0) is 35.6 Å². The minimum Gasteiger partial charge on any atom is -0.253 e. The molecule has 0 saturated carbocycles. The molecule has 0 aliphatic carbocycles. The van der Waals surface area contributed by atoms with Crippen LogP contribution in [0.25, 0.3) is 0 Å². The van der Waals surface area contributed by atoms with E-state index in [-0.39, 0.29) is 0 Å². The molecule has 5 heteroatoms. The van der Waals surface area contributed by atoms with E-state index < -0.39 is 0 Å². The molecule has 0 bridgehead atoms. The van der Waals surface area contributed by atoms with Gasteiger partial charge in [0.2, 0.25) is 5.13 Å². The monoisotopic (exact) mass is 343 g/mol. The summed E-state index contributed by atoms with van der Waals surface area (Å²) in [5.41, 5.74) is 5.03. The largest absolute Gasteiger partial charge is 0.253 e. The molecule has 1 aromatic heterocycles. The lowest BCUT2D eigenvalue weighted by Gasteiger charge is -1.96. The van der Waals surface area contributed by atoms with Crippen LogP contribution in [0.5, 0.6) is 0 Å². The molecule has 0 unspecified atom stereocenters. The molecule has 1 aromatic carbocycles. The van der Waals surface area contributed by atoms with Gasteiger partial charge in [0.05, 0.1) is 11.9 Å². The predicted octanol–water partition coefficient (Wildman–Crippen LogP) is 3.50. The number of anilines is 1. The van der Waals surface area contributed by atoms with Crippen LogP contribution < -0.4 is 5.43 Å². The molecule has 2 aromatic rings. The molecule has 0 aliphatic rings. The van der Waals surface area contributed by atoms with E-state index in [1.54, 1.807) is 17.6 Å².